The molecule has 4 rings (SSSR count). The second-order valence-corrected chi connectivity index (χ2v) is 11.9. The number of sulfonamides is 1. The Bertz CT molecular complexity index is 1410. The highest BCUT2D eigenvalue weighted by Crippen LogP contribution is 2.26. The Morgan fingerprint density at radius 3 is 2.20 bits per heavy atom. The minimum Gasteiger partial charge on any atom is -0.497 e. The number of carbonyl (C=O) groups excluding carboxylic acids is 2. The minimum absolute atomic E-state index is 0.00828. The molecule has 3 aromatic rings. The van der Waals surface area contributed by atoms with Gasteiger partial charge in [-0.2, -0.15) is 0 Å². The summed E-state index contributed by atoms with van der Waals surface area (Å²) in [6.07, 6.45) is 4.17. The SMILES string of the molecule is CC[C@H](C(=O)NC1CCCC1)N(Cc1ccc(F)cc1)C(=O)CN(c1ccccc1)S(=O)(=O)c1ccc(OC)cc1. The van der Waals surface area contributed by atoms with Crippen LogP contribution >= 0.6 is 0 Å². The Labute approximate surface area is 241 Å². The van der Waals surface area contributed by atoms with E-state index in [9.17, 15) is 22.4 Å². The number of amides is 2. The van der Waals surface area contributed by atoms with Gasteiger partial charge in [0.15, 0.2) is 0 Å². The lowest BCUT2D eigenvalue weighted by Crippen LogP contribution is -2.53. The Morgan fingerprint density at radius 1 is 0.976 bits per heavy atom. The fourth-order valence-corrected chi connectivity index (χ4v) is 6.49. The molecule has 1 aliphatic rings. The summed E-state index contributed by atoms with van der Waals surface area (Å²) in [4.78, 5) is 28.9. The molecular weight excluding hydrogens is 545 g/mol. The second kappa shape index (κ2) is 13.6. The zero-order valence-electron chi connectivity index (χ0n) is 23.3. The van der Waals surface area contributed by atoms with E-state index < -0.39 is 34.3 Å². The van der Waals surface area contributed by atoms with Crippen LogP contribution in [0.5, 0.6) is 5.75 Å². The molecule has 0 aliphatic heterocycles. The highest BCUT2D eigenvalue weighted by atomic mass is 32.2. The Morgan fingerprint density at radius 2 is 1.61 bits per heavy atom. The van der Waals surface area contributed by atoms with Gasteiger partial charge in [0.2, 0.25) is 11.8 Å². The van der Waals surface area contributed by atoms with Gasteiger partial charge in [0.1, 0.15) is 24.2 Å². The van der Waals surface area contributed by atoms with Crippen LogP contribution in [0.1, 0.15) is 44.6 Å². The van der Waals surface area contributed by atoms with Crippen molar-refractivity contribution in [2.24, 2.45) is 0 Å². The smallest absolute Gasteiger partial charge is 0.264 e. The van der Waals surface area contributed by atoms with Gasteiger partial charge in [-0.1, -0.05) is 50.1 Å². The van der Waals surface area contributed by atoms with E-state index in [4.69, 9.17) is 4.74 Å². The zero-order chi connectivity index (χ0) is 29.4. The van der Waals surface area contributed by atoms with Crippen LogP contribution in [0.3, 0.4) is 0 Å². The molecule has 3 aromatic carbocycles. The number of nitrogens with one attached hydrogen (secondary N) is 1. The molecule has 0 radical (unpaired) electrons. The van der Waals surface area contributed by atoms with Gasteiger partial charge < -0.3 is 15.0 Å². The van der Waals surface area contributed by atoms with Crippen LogP contribution in [0.2, 0.25) is 0 Å². The molecule has 1 aliphatic carbocycles. The van der Waals surface area contributed by atoms with Crippen molar-refractivity contribution in [3.8, 4) is 5.75 Å². The number of para-hydroxylation sites is 1. The van der Waals surface area contributed by atoms with Crippen LogP contribution in [-0.4, -0.2) is 50.9 Å². The maximum absolute atomic E-state index is 14.1. The summed E-state index contributed by atoms with van der Waals surface area (Å²) in [5, 5.41) is 3.08. The highest BCUT2D eigenvalue weighted by molar-refractivity contribution is 7.92. The lowest BCUT2D eigenvalue weighted by molar-refractivity contribution is -0.140. The first kappa shape index (κ1) is 30.0. The maximum Gasteiger partial charge on any atom is 0.264 e. The van der Waals surface area contributed by atoms with Crippen LogP contribution in [0, 0.1) is 5.82 Å². The van der Waals surface area contributed by atoms with E-state index in [1.165, 1.54) is 36.3 Å². The van der Waals surface area contributed by atoms with E-state index in [1.807, 2.05) is 6.92 Å². The molecule has 0 bridgehead atoms. The molecule has 0 spiro atoms. The summed E-state index contributed by atoms with van der Waals surface area (Å²) in [5.41, 5.74) is 0.929. The predicted octanol–water partition coefficient (Wildman–Crippen LogP) is 4.90. The zero-order valence-corrected chi connectivity index (χ0v) is 24.1. The van der Waals surface area contributed by atoms with Gasteiger partial charge >= 0.3 is 0 Å². The van der Waals surface area contributed by atoms with E-state index in [1.54, 1.807) is 54.6 Å². The number of benzene rings is 3. The highest BCUT2D eigenvalue weighted by Gasteiger charge is 2.34. The van der Waals surface area contributed by atoms with Crippen molar-refractivity contribution in [3.63, 3.8) is 0 Å². The van der Waals surface area contributed by atoms with E-state index in [-0.39, 0.29) is 23.4 Å². The molecule has 0 heterocycles. The monoisotopic (exact) mass is 581 g/mol. The molecule has 2 amide bonds. The van der Waals surface area contributed by atoms with Crippen LogP contribution in [-0.2, 0) is 26.2 Å². The Hall–Kier alpha value is -3.92. The van der Waals surface area contributed by atoms with Crippen molar-refractivity contribution in [3.05, 3.63) is 90.2 Å². The van der Waals surface area contributed by atoms with Crippen molar-refractivity contribution in [2.45, 2.75) is 62.6 Å². The van der Waals surface area contributed by atoms with Crippen LogP contribution in [0.4, 0.5) is 10.1 Å². The molecule has 1 fully saturated rings. The average Bonchev–Trinajstić information content (AvgIpc) is 3.50. The molecule has 41 heavy (non-hydrogen) atoms. The van der Waals surface area contributed by atoms with Gasteiger partial charge in [-0.25, -0.2) is 12.8 Å². The van der Waals surface area contributed by atoms with Crippen molar-refractivity contribution in [1.29, 1.82) is 0 Å². The number of rotatable bonds is 12. The summed E-state index contributed by atoms with van der Waals surface area (Å²) in [6.45, 7) is 1.29. The van der Waals surface area contributed by atoms with Gasteiger partial charge in [0.05, 0.1) is 17.7 Å². The largest absolute Gasteiger partial charge is 0.497 e. The van der Waals surface area contributed by atoms with E-state index in [0.29, 0.717) is 23.4 Å². The number of hydrogen-bond donors (Lipinski definition) is 1. The van der Waals surface area contributed by atoms with Crippen molar-refractivity contribution < 1.29 is 27.1 Å². The Balaban J connectivity index is 1.68. The predicted molar refractivity (Wildman–Crippen MR) is 155 cm³/mol. The lowest BCUT2D eigenvalue weighted by Gasteiger charge is -2.33. The Kier molecular flexibility index (Phi) is 9.99. The molecule has 0 aromatic heterocycles. The van der Waals surface area contributed by atoms with Crippen LogP contribution < -0.4 is 14.4 Å². The topological polar surface area (TPSA) is 96.0 Å². The van der Waals surface area contributed by atoms with Crippen molar-refractivity contribution in [1.82, 2.24) is 10.2 Å². The first-order chi connectivity index (χ1) is 19.7. The number of halogens is 1. The number of ether oxygens (including phenoxy) is 1. The minimum atomic E-state index is -4.18. The molecule has 1 N–H and O–H groups in total. The quantitative estimate of drug-likeness (QED) is 0.329. The number of anilines is 1. The summed E-state index contributed by atoms with van der Waals surface area (Å²) in [7, 11) is -2.69. The molecule has 0 unspecified atom stereocenters. The van der Waals surface area contributed by atoms with E-state index in [2.05, 4.69) is 5.32 Å². The average molecular weight is 582 g/mol. The number of nitrogens with zero attached hydrogens (tertiary/aromatic N) is 2. The molecule has 1 saturated carbocycles. The fourth-order valence-electron chi connectivity index (χ4n) is 5.07. The summed E-state index contributed by atoms with van der Waals surface area (Å²) >= 11 is 0. The summed E-state index contributed by atoms with van der Waals surface area (Å²) in [5.74, 6) is -0.753. The van der Waals surface area contributed by atoms with Crippen LogP contribution in [0.25, 0.3) is 0 Å². The molecule has 0 saturated heterocycles. The molecule has 10 heteroatoms. The summed E-state index contributed by atoms with van der Waals surface area (Å²) < 4.78 is 47.6. The molecule has 1 atom stereocenters. The molecule has 218 valence electrons. The number of methoxy groups -OCH3 is 1. The first-order valence-corrected chi connectivity index (χ1v) is 15.2. The molecular formula is C31H36FN3O5S. The third-order valence-corrected chi connectivity index (χ3v) is 9.11. The van der Waals surface area contributed by atoms with Gasteiger partial charge in [-0.05, 0) is 73.4 Å². The molecule has 8 nitrogen and oxygen atoms in total. The van der Waals surface area contributed by atoms with Gasteiger partial charge in [-0.3, -0.25) is 13.9 Å². The van der Waals surface area contributed by atoms with Gasteiger partial charge in [-0.15, -0.1) is 0 Å². The standard InChI is InChI=1S/C31H36FN3O5S/c1-3-29(31(37)33-25-9-7-8-10-25)34(21-23-13-15-24(32)16-14-23)30(36)22-35(26-11-5-4-6-12-26)41(38,39)28-19-17-27(40-2)18-20-28/h4-6,11-20,25,29H,3,7-10,21-22H2,1-2H3,(H,33,37)/t29-/m1/s1. The third-order valence-electron chi connectivity index (χ3n) is 7.32. The number of carbonyl (C=O) groups is 2. The first-order valence-electron chi connectivity index (χ1n) is 13.8. The van der Waals surface area contributed by atoms with E-state index >= 15 is 0 Å². The lowest BCUT2D eigenvalue weighted by atomic mass is 10.1. The van der Waals surface area contributed by atoms with E-state index in [0.717, 1.165) is 30.0 Å². The normalized spacial score (nSPS) is 14.3. The van der Waals surface area contributed by atoms with Crippen LogP contribution in [0.15, 0.2) is 83.8 Å². The van der Waals surface area contributed by atoms with Gasteiger partial charge in [0.25, 0.3) is 10.0 Å². The third kappa shape index (κ3) is 7.43. The maximum atomic E-state index is 14.1. The van der Waals surface area contributed by atoms with Gasteiger partial charge in [0, 0.05) is 12.6 Å². The van der Waals surface area contributed by atoms with Crippen molar-refractivity contribution >= 4 is 27.5 Å². The fraction of sp³-hybridized carbons (Fsp3) is 0.355. The van der Waals surface area contributed by atoms with Crippen molar-refractivity contribution in [2.75, 3.05) is 18.0 Å². The summed E-state index contributed by atoms with van der Waals surface area (Å²) in [6, 6.07) is 19.2. The number of hydrogen-bond acceptors (Lipinski definition) is 5. The second-order valence-electron chi connectivity index (χ2n) is 10.1.